The van der Waals surface area contributed by atoms with Gasteiger partial charge in [-0.05, 0) is 45.6 Å². The van der Waals surface area contributed by atoms with E-state index in [2.05, 4.69) is 17.2 Å². The molecule has 0 bridgehead atoms. The highest BCUT2D eigenvalue weighted by Gasteiger charge is 2.42. The number of benzene rings is 1. The number of alkyl carbamates (subject to hydrolysis) is 2. The standard InChI is InChI=1S/C24H33N3O7/c1-5-17-11-12-19(21(29)30)27(17)20(28)18(26-23(32)34-24(2,3)4)13-14-25-22(31)33-15-16-9-7-6-8-10-16/h5-10,17-19H,1,11-15H2,2-4H3,(H,25,31)(H,26,32)(H,29,30)/t17-,18?,19-/m0/s1. The Morgan fingerprint density at radius 3 is 2.44 bits per heavy atom. The van der Waals surface area contributed by atoms with Gasteiger partial charge in [0.2, 0.25) is 5.91 Å². The molecule has 1 aliphatic heterocycles. The van der Waals surface area contributed by atoms with Gasteiger partial charge in [0.25, 0.3) is 0 Å². The van der Waals surface area contributed by atoms with Crippen molar-refractivity contribution in [3.63, 3.8) is 0 Å². The summed E-state index contributed by atoms with van der Waals surface area (Å²) in [6.07, 6.45) is 0.756. The summed E-state index contributed by atoms with van der Waals surface area (Å²) in [5.74, 6) is -1.71. The highest BCUT2D eigenvalue weighted by molar-refractivity contribution is 5.90. The van der Waals surface area contributed by atoms with Crippen molar-refractivity contribution in [3.05, 3.63) is 48.6 Å². The molecule has 1 fully saturated rings. The molecule has 3 amide bonds. The molecule has 0 spiro atoms. The van der Waals surface area contributed by atoms with Gasteiger partial charge in [-0.2, -0.15) is 0 Å². The SMILES string of the molecule is C=C[C@H]1CC[C@@H](C(=O)O)N1C(=O)C(CCNC(=O)OCc1ccccc1)NC(=O)OC(C)(C)C. The van der Waals surface area contributed by atoms with E-state index < -0.39 is 47.8 Å². The van der Waals surface area contributed by atoms with Crippen LogP contribution in [0.15, 0.2) is 43.0 Å². The van der Waals surface area contributed by atoms with Crippen LogP contribution in [0.1, 0.15) is 45.6 Å². The molecule has 1 heterocycles. The molecule has 1 aromatic carbocycles. The fourth-order valence-electron chi connectivity index (χ4n) is 3.61. The molecule has 34 heavy (non-hydrogen) atoms. The second-order valence-electron chi connectivity index (χ2n) is 8.96. The molecule has 3 N–H and O–H groups in total. The molecule has 1 unspecified atom stereocenters. The minimum atomic E-state index is -1.13. The smallest absolute Gasteiger partial charge is 0.408 e. The largest absolute Gasteiger partial charge is 0.480 e. The van der Waals surface area contributed by atoms with E-state index in [0.717, 1.165) is 5.56 Å². The van der Waals surface area contributed by atoms with Crippen molar-refractivity contribution in [1.82, 2.24) is 15.5 Å². The first kappa shape index (κ1) is 26.7. The predicted octanol–water partition coefficient (Wildman–Crippen LogP) is 2.83. The number of hydrogen-bond acceptors (Lipinski definition) is 6. The molecule has 3 atom stereocenters. The summed E-state index contributed by atoms with van der Waals surface area (Å²) in [7, 11) is 0. The van der Waals surface area contributed by atoms with Gasteiger partial charge in [0, 0.05) is 6.54 Å². The van der Waals surface area contributed by atoms with E-state index in [4.69, 9.17) is 9.47 Å². The molecule has 0 saturated carbocycles. The van der Waals surface area contributed by atoms with E-state index in [9.17, 15) is 24.3 Å². The van der Waals surface area contributed by atoms with Crippen LogP contribution in [0.4, 0.5) is 9.59 Å². The molecule has 1 aliphatic rings. The molecule has 10 nitrogen and oxygen atoms in total. The van der Waals surface area contributed by atoms with Crippen LogP contribution in [0.2, 0.25) is 0 Å². The molecular formula is C24H33N3O7. The van der Waals surface area contributed by atoms with Gasteiger partial charge in [0.1, 0.15) is 24.3 Å². The number of hydrogen-bond donors (Lipinski definition) is 3. The van der Waals surface area contributed by atoms with Crippen molar-refractivity contribution >= 4 is 24.1 Å². The lowest BCUT2D eigenvalue weighted by molar-refractivity contribution is -0.150. The van der Waals surface area contributed by atoms with Crippen LogP contribution in [0.5, 0.6) is 0 Å². The number of carbonyl (C=O) groups excluding carboxylic acids is 3. The van der Waals surface area contributed by atoms with Crippen LogP contribution in [0.3, 0.4) is 0 Å². The van der Waals surface area contributed by atoms with Gasteiger partial charge in [-0.3, -0.25) is 4.79 Å². The van der Waals surface area contributed by atoms with Gasteiger partial charge in [-0.1, -0.05) is 36.4 Å². The molecule has 10 heteroatoms. The van der Waals surface area contributed by atoms with Gasteiger partial charge in [0.15, 0.2) is 0 Å². The molecule has 0 radical (unpaired) electrons. The molecule has 0 aromatic heterocycles. The van der Waals surface area contributed by atoms with Crippen LogP contribution >= 0.6 is 0 Å². The van der Waals surface area contributed by atoms with Crippen molar-refractivity contribution in [3.8, 4) is 0 Å². The number of amides is 3. The summed E-state index contributed by atoms with van der Waals surface area (Å²) in [6, 6.07) is 6.53. The zero-order valence-corrected chi connectivity index (χ0v) is 19.8. The Balaban J connectivity index is 2.04. The van der Waals surface area contributed by atoms with E-state index in [-0.39, 0.29) is 26.0 Å². The second kappa shape index (κ2) is 12.1. The Bertz CT molecular complexity index is 882. The van der Waals surface area contributed by atoms with Crippen molar-refractivity contribution in [2.24, 2.45) is 0 Å². The Labute approximate surface area is 199 Å². The first-order valence-corrected chi connectivity index (χ1v) is 11.1. The summed E-state index contributed by atoms with van der Waals surface area (Å²) in [5.41, 5.74) is 0.0273. The first-order valence-electron chi connectivity index (χ1n) is 11.1. The average Bonchev–Trinajstić information content (AvgIpc) is 3.20. The van der Waals surface area contributed by atoms with E-state index >= 15 is 0 Å². The zero-order valence-electron chi connectivity index (χ0n) is 19.8. The summed E-state index contributed by atoms with van der Waals surface area (Å²) in [5, 5.41) is 14.6. The Morgan fingerprint density at radius 2 is 1.85 bits per heavy atom. The summed E-state index contributed by atoms with van der Waals surface area (Å²) < 4.78 is 10.4. The van der Waals surface area contributed by atoms with Crippen LogP contribution in [-0.4, -0.2) is 64.3 Å². The monoisotopic (exact) mass is 475 g/mol. The minimum Gasteiger partial charge on any atom is -0.480 e. The quantitative estimate of drug-likeness (QED) is 0.468. The Hall–Kier alpha value is -3.56. The number of nitrogens with one attached hydrogen (secondary N) is 2. The normalized spacial score (nSPS) is 18.5. The third-order valence-corrected chi connectivity index (χ3v) is 5.14. The number of carbonyl (C=O) groups is 4. The third-order valence-electron chi connectivity index (χ3n) is 5.14. The van der Waals surface area contributed by atoms with E-state index in [0.29, 0.717) is 6.42 Å². The number of nitrogens with zero attached hydrogens (tertiary/aromatic N) is 1. The maximum Gasteiger partial charge on any atom is 0.408 e. The molecular weight excluding hydrogens is 442 g/mol. The van der Waals surface area contributed by atoms with Crippen LogP contribution in [-0.2, 0) is 25.7 Å². The second-order valence-corrected chi connectivity index (χ2v) is 8.96. The number of likely N-dealkylation sites (tertiary alicyclic amines) is 1. The lowest BCUT2D eigenvalue weighted by Gasteiger charge is -2.31. The third kappa shape index (κ3) is 8.09. The van der Waals surface area contributed by atoms with E-state index in [1.807, 2.05) is 30.3 Å². The molecule has 0 aliphatic carbocycles. The zero-order chi connectivity index (χ0) is 25.3. The van der Waals surface area contributed by atoms with Crippen LogP contribution in [0, 0.1) is 0 Å². The van der Waals surface area contributed by atoms with E-state index in [1.165, 1.54) is 11.0 Å². The highest BCUT2D eigenvalue weighted by atomic mass is 16.6. The van der Waals surface area contributed by atoms with Crippen LogP contribution in [0.25, 0.3) is 0 Å². The van der Waals surface area contributed by atoms with Crippen molar-refractivity contribution in [2.45, 2.75) is 70.4 Å². The maximum atomic E-state index is 13.3. The molecule has 1 aromatic rings. The topological polar surface area (TPSA) is 134 Å². The van der Waals surface area contributed by atoms with Gasteiger partial charge < -0.3 is 30.1 Å². The number of carboxylic acid groups (broad SMARTS) is 1. The van der Waals surface area contributed by atoms with Gasteiger partial charge in [-0.25, -0.2) is 14.4 Å². The number of carboxylic acids is 1. The summed E-state index contributed by atoms with van der Waals surface area (Å²) in [6.45, 7) is 8.83. The minimum absolute atomic E-state index is 0.00413. The van der Waals surface area contributed by atoms with Crippen molar-refractivity contribution < 1.29 is 33.8 Å². The molecule has 1 saturated heterocycles. The fraction of sp³-hybridized carbons (Fsp3) is 0.500. The Kier molecular flexibility index (Phi) is 9.47. The summed E-state index contributed by atoms with van der Waals surface area (Å²) in [4.78, 5) is 50.6. The Morgan fingerprint density at radius 1 is 1.18 bits per heavy atom. The van der Waals surface area contributed by atoms with Crippen molar-refractivity contribution in [2.75, 3.05) is 6.54 Å². The van der Waals surface area contributed by atoms with E-state index in [1.54, 1.807) is 20.8 Å². The molecule has 2 rings (SSSR count). The highest BCUT2D eigenvalue weighted by Crippen LogP contribution is 2.26. The van der Waals surface area contributed by atoms with Gasteiger partial charge in [0.05, 0.1) is 6.04 Å². The molecule has 186 valence electrons. The first-order chi connectivity index (χ1) is 16.0. The van der Waals surface area contributed by atoms with Gasteiger partial charge in [-0.15, -0.1) is 6.58 Å². The fourth-order valence-corrected chi connectivity index (χ4v) is 3.61. The lowest BCUT2D eigenvalue weighted by atomic mass is 10.1. The van der Waals surface area contributed by atoms with Gasteiger partial charge >= 0.3 is 18.2 Å². The summed E-state index contributed by atoms with van der Waals surface area (Å²) >= 11 is 0. The van der Waals surface area contributed by atoms with Crippen LogP contribution < -0.4 is 10.6 Å². The predicted molar refractivity (Wildman–Crippen MR) is 124 cm³/mol. The lowest BCUT2D eigenvalue weighted by Crippen LogP contribution is -2.55. The number of rotatable bonds is 9. The number of ether oxygens (including phenoxy) is 2. The average molecular weight is 476 g/mol. The number of aliphatic carboxylic acids is 1. The van der Waals surface area contributed by atoms with Crippen molar-refractivity contribution in [1.29, 1.82) is 0 Å². The maximum absolute atomic E-state index is 13.3.